The van der Waals surface area contributed by atoms with Crippen LogP contribution in [0.25, 0.3) is 0 Å². The van der Waals surface area contributed by atoms with E-state index >= 15 is 0 Å². The number of carboxylic acid groups (broad SMARTS) is 1. The Balaban J connectivity index is 2.44. The van der Waals surface area contributed by atoms with E-state index in [9.17, 15) is 14.7 Å². The van der Waals surface area contributed by atoms with Crippen LogP contribution in [0.2, 0.25) is 0 Å². The lowest BCUT2D eigenvalue weighted by molar-refractivity contribution is -0.146. The van der Waals surface area contributed by atoms with Crippen LogP contribution in [0, 0.1) is 11.8 Å². The Hall–Kier alpha value is -1.40. The maximum atomic E-state index is 11.7. The second kappa shape index (κ2) is 6.51. The second-order valence-electron chi connectivity index (χ2n) is 4.23. The summed E-state index contributed by atoms with van der Waals surface area (Å²) in [5, 5.41) is 24.8. The molecule has 3 unspecified atom stereocenters. The van der Waals surface area contributed by atoms with Crippen LogP contribution in [0.15, 0.2) is 16.8 Å². The van der Waals surface area contributed by atoms with E-state index in [2.05, 4.69) is 5.32 Å². The van der Waals surface area contributed by atoms with E-state index in [1.54, 1.807) is 18.4 Å². The van der Waals surface area contributed by atoms with Gasteiger partial charge >= 0.3 is 5.97 Å². The summed E-state index contributed by atoms with van der Waals surface area (Å²) in [4.78, 5) is 22.4. The first-order valence-electron chi connectivity index (χ1n) is 5.64. The highest BCUT2D eigenvalue weighted by molar-refractivity contribution is 7.07. The van der Waals surface area contributed by atoms with E-state index in [0.29, 0.717) is 0 Å². The number of nitrogens with one attached hydrogen (secondary N) is 1. The summed E-state index contributed by atoms with van der Waals surface area (Å²) < 4.78 is 0. The van der Waals surface area contributed by atoms with Gasteiger partial charge in [-0.2, -0.15) is 11.3 Å². The number of amides is 1. The minimum atomic E-state index is -1.00. The number of carbonyl (C=O) groups excluding carboxylic acids is 1. The topological polar surface area (TPSA) is 86.6 Å². The first-order valence-corrected chi connectivity index (χ1v) is 6.58. The number of aliphatic hydroxyl groups is 1. The molecule has 18 heavy (non-hydrogen) atoms. The van der Waals surface area contributed by atoms with Crippen molar-refractivity contribution in [3.63, 3.8) is 0 Å². The van der Waals surface area contributed by atoms with Crippen molar-refractivity contribution in [3.05, 3.63) is 22.4 Å². The molecule has 1 heterocycles. The highest BCUT2D eigenvalue weighted by atomic mass is 32.1. The smallest absolute Gasteiger partial charge is 0.307 e. The molecule has 0 spiro atoms. The molecular weight excluding hydrogens is 254 g/mol. The van der Waals surface area contributed by atoms with Crippen LogP contribution in [-0.2, 0) is 9.59 Å². The molecular formula is C12H17NO4S. The normalized spacial score (nSPS) is 15.7. The summed E-state index contributed by atoms with van der Waals surface area (Å²) in [6, 6.07) is 1.78. The average molecular weight is 271 g/mol. The fourth-order valence-electron chi connectivity index (χ4n) is 1.38. The van der Waals surface area contributed by atoms with E-state index in [4.69, 9.17) is 5.11 Å². The molecule has 100 valence electrons. The van der Waals surface area contributed by atoms with Crippen LogP contribution in [-0.4, -0.2) is 28.6 Å². The summed E-state index contributed by atoms with van der Waals surface area (Å²) in [6.45, 7) is 3.14. The number of carboxylic acids is 1. The predicted molar refractivity (Wildman–Crippen MR) is 68.3 cm³/mol. The molecule has 5 nitrogen and oxygen atoms in total. The Bertz CT molecular complexity index is 404. The molecule has 0 aliphatic rings. The number of aliphatic carboxylic acids is 1. The van der Waals surface area contributed by atoms with Crippen molar-refractivity contribution in [2.45, 2.75) is 20.0 Å². The molecule has 0 saturated heterocycles. The molecule has 1 aromatic rings. The van der Waals surface area contributed by atoms with Crippen LogP contribution < -0.4 is 5.32 Å². The molecule has 1 amide bonds. The second-order valence-corrected chi connectivity index (χ2v) is 5.01. The van der Waals surface area contributed by atoms with E-state index in [1.807, 2.05) is 5.38 Å². The molecule has 0 radical (unpaired) electrons. The standard InChI is InChI=1S/C12H17NO4S/c1-7(8(2)12(16)17)11(15)13-5-10(14)9-3-4-18-6-9/h3-4,6-8,10,14H,5H2,1-2H3,(H,13,15)(H,16,17). The van der Waals surface area contributed by atoms with E-state index in [1.165, 1.54) is 18.3 Å². The van der Waals surface area contributed by atoms with Crippen LogP contribution >= 0.6 is 11.3 Å². The van der Waals surface area contributed by atoms with Crippen LogP contribution in [0.4, 0.5) is 0 Å². The highest BCUT2D eigenvalue weighted by Gasteiger charge is 2.25. The van der Waals surface area contributed by atoms with Crippen LogP contribution in [0.1, 0.15) is 25.5 Å². The average Bonchev–Trinajstić information content (AvgIpc) is 2.87. The van der Waals surface area contributed by atoms with Crippen LogP contribution in [0.3, 0.4) is 0 Å². The van der Waals surface area contributed by atoms with E-state index in [0.717, 1.165) is 5.56 Å². The third kappa shape index (κ3) is 3.82. The van der Waals surface area contributed by atoms with Crippen molar-refractivity contribution in [3.8, 4) is 0 Å². The zero-order valence-electron chi connectivity index (χ0n) is 10.3. The Morgan fingerprint density at radius 1 is 1.39 bits per heavy atom. The van der Waals surface area contributed by atoms with Gasteiger partial charge < -0.3 is 15.5 Å². The highest BCUT2D eigenvalue weighted by Crippen LogP contribution is 2.16. The fraction of sp³-hybridized carbons (Fsp3) is 0.500. The molecule has 6 heteroatoms. The summed E-state index contributed by atoms with van der Waals surface area (Å²) in [5.74, 6) is -2.74. The first-order chi connectivity index (χ1) is 8.43. The zero-order chi connectivity index (χ0) is 13.7. The molecule has 0 saturated carbocycles. The summed E-state index contributed by atoms with van der Waals surface area (Å²) in [6.07, 6.45) is -0.757. The van der Waals surface area contributed by atoms with Gasteiger partial charge in [-0.05, 0) is 22.4 Å². The monoisotopic (exact) mass is 271 g/mol. The molecule has 0 aliphatic carbocycles. The van der Waals surface area contributed by atoms with E-state index < -0.39 is 23.9 Å². The third-order valence-corrected chi connectivity index (χ3v) is 3.65. The first kappa shape index (κ1) is 14.7. The van der Waals surface area contributed by atoms with Gasteiger partial charge in [-0.3, -0.25) is 9.59 Å². The van der Waals surface area contributed by atoms with Crippen molar-refractivity contribution >= 4 is 23.2 Å². The third-order valence-electron chi connectivity index (χ3n) is 2.95. The Morgan fingerprint density at radius 3 is 2.56 bits per heavy atom. The number of aliphatic hydroxyl groups excluding tert-OH is 1. The molecule has 1 rings (SSSR count). The molecule has 0 bridgehead atoms. The number of rotatable bonds is 6. The van der Waals surface area contributed by atoms with Gasteiger partial charge in [0.25, 0.3) is 0 Å². The molecule has 0 fully saturated rings. The maximum Gasteiger partial charge on any atom is 0.307 e. The Morgan fingerprint density at radius 2 is 2.06 bits per heavy atom. The molecule has 0 aromatic carbocycles. The molecule has 3 N–H and O–H groups in total. The van der Waals surface area contributed by atoms with Gasteiger partial charge in [0, 0.05) is 12.5 Å². The van der Waals surface area contributed by atoms with Crippen LogP contribution in [0.5, 0.6) is 0 Å². The summed E-state index contributed by atoms with van der Waals surface area (Å²) in [7, 11) is 0. The summed E-state index contributed by atoms with van der Waals surface area (Å²) in [5.41, 5.74) is 0.749. The van der Waals surface area contributed by atoms with E-state index in [-0.39, 0.29) is 12.5 Å². The van der Waals surface area contributed by atoms with Crippen molar-refractivity contribution in [1.29, 1.82) is 0 Å². The fourth-order valence-corrected chi connectivity index (χ4v) is 2.09. The van der Waals surface area contributed by atoms with Gasteiger partial charge in [-0.1, -0.05) is 13.8 Å². The van der Waals surface area contributed by atoms with Crippen molar-refractivity contribution in [2.75, 3.05) is 6.54 Å². The van der Waals surface area contributed by atoms with Gasteiger partial charge in [0.05, 0.1) is 12.0 Å². The number of thiophene rings is 1. The Kier molecular flexibility index (Phi) is 5.30. The number of hydrogen-bond acceptors (Lipinski definition) is 4. The minimum absolute atomic E-state index is 0.0895. The number of carbonyl (C=O) groups is 2. The summed E-state index contributed by atoms with van der Waals surface area (Å²) >= 11 is 1.47. The van der Waals surface area contributed by atoms with Gasteiger partial charge in [-0.25, -0.2) is 0 Å². The minimum Gasteiger partial charge on any atom is -0.481 e. The van der Waals surface area contributed by atoms with Crippen molar-refractivity contribution in [2.24, 2.45) is 11.8 Å². The number of hydrogen-bond donors (Lipinski definition) is 3. The van der Waals surface area contributed by atoms with Gasteiger partial charge in [-0.15, -0.1) is 0 Å². The zero-order valence-corrected chi connectivity index (χ0v) is 11.1. The predicted octanol–water partition coefficient (Wildman–Crippen LogP) is 1.25. The van der Waals surface area contributed by atoms with Gasteiger partial charge in [0.1, 0.15) is 0 Å². The molecule has 0 aliphatic heterocycles. The molecule has 1 aromatic heterocycles. The SMILES string of the molecule is CC(C(=O)O)C(C)C(=O)NCC(O)c1ccsc1. The lowest BCUT2D eigenvalue weighted by Crippen LogP contribution is -2.37. The van der Waals surface area contributed by atoms with Gasteiger partial charge in [0.15, 0.2) is 0 Å². The van der Waals surface area contributed by atoms with Gasteiger partial charge in [0.2, 0.25) is 5.91 Å². The molecule has 3 atom stereocenters. The van der Waals surface area contributed by atoms with Crippen molar-refractivity contribution in [1.82, 2.24) is 5.32 Å². The maximum absolute atomic E-state index is 11.7. The largest absolute Gasteiger partial charge is 0.481 e. The lowest BCUT2D eigenvalue weighted by atomic mass is 9.95. The van der Waals surface area contributed by atoms with Crippen molar-refractivity contribution < 1.29 is 19.8 Å². The quantitative estimate of drug-likeness (QED) is 0.727. The Labute approximate surface area is 109 Å². The lowest BCUT2D eigenvalue weighted by Gasteiger charge is -2.17.